The van der Waals surface area contributed by atoms with Crippen molar-refractivity contribution >= 4 is 26.3 Å². The standard InChI is InChI=1S/3C2H4O2.B.Na.H/c3*1-2(3)4;;;/h3*1H3,(H,3,4);;;/q;;;;+1;-1. The van der Waals surface area contributed by atoms with Crippen LogP contribution < -0.4 is 29.6 Å². The third-order valence-corrected chi connectivity index (χ3v) is 0. The molecule has 0 aliphatic carbocycles. The number of carboxylic acids is 3. The molecule has 0 aromatic heterocycles. The van der Waals surface area contributed by atoms with E-state index in [0.717, 1.165) is 20.8 Å². The van der Waals surface area contributed by atoms with E-state index >= 15 is 0 Å². The summed E-state index contributed by atoms with van der Waals surface area (Å²) >= 11 is 0. The van der Waals surface area contributed by atoms with Crippen LogP contribution in [0.15, 0.2) is 0 Å². The summed E-state index contributed by atoms with van der Waals surface area (Å²) in [7, 11) is 0. The Labute approximate surface area is 108 Å². The quantitative estimate of drug-likeness (QED) is 0.371. The van der Waals surface area contributed by atoms with Crippen molar-refractivity contribution in [2.24, 2.45) is 0 Å². The molecule has 3 N–H and O–H groups in total. The topological polar surface area (TPSA) is 112 Å². The SMILES string of the molecule is CC(=O)O.CC(=O)O.CC(=O)O.[B].[H-].[Na+]. The Morgan fingerprint density at radius 2 is 0.786 bits per heavy atom. The zero-order chi connectivity index (χ0) is 10.7. The molecule has 0 bridgehead atoms. The second-order valence-corrected chi connectivity index (χ2v) is 1.56. The summed E-state index contributed by atoms with van der Waals surface area (Å²) in [6, 6.07) is 0. The molecule has 3 radical (unpaired) electrons. The number of hydrogen-bond donors (Lipinski definition) is 3. The summed E-state index contributed by atoms with van der Waals surface area (Å²) in [5, 5.41) is 22.2. The zero-order valence-electron chi connectivity index (χ0n) is 9.64. The molecular weight excluding hydrogens is 202 g/mol. The van der Waals surface area contributed by atoms with Gasteiger partial charge in [0, 0.05) is 29.2 Å². The maximum absolute atomic E-state index is 9.00. The van der Waals surface area contributed by atoms with Crippen LogP contribution in [-0.4, -0.2) is 41.6 Å². The largest absolute Gasteiger partial charge is 1.00 e. The van der Waals surface area contributed by atoms with Crippen LogP contribution in [0.2, 0.25) is 0 Å². The Morgan fingerprint density at radius 3 is 0.786 bits per heavy atom. The van der Waals surface area contributed by atoms with Gasteiger partial charge in [-0.3, -0.25) is 14.4 Å². The summed E-state index contributed by atoms with van der Waals surface area (Å²) in [6.45, 7) is 3.25. The van der Waals surface area contributed by atoms with Crippen LogP contribution in [0.25, 0.3) is 0 Å². The van der Waals surface area contributed by atoms with Crippen LogP contribution in [0.3, 0.4) is 0 Å². The van der Waals surface area contributed by atoms with Gasteiger partial charge in [-0.05, 0) is 0 Å². The van der Waals surface area contributed by atoms with Crippen LogP contribution in [0, 0.1) is 0 Å². The number of hydrogen-bond acceptors (Lipinski definition) is 3. The van der Waals surface area contributed by atoms with Crippen molar-refractivity contribution in [1.82, 2.24) is 0 Å². The minimum Gasteiger partial charge on any atom is -1.00 e. The van der Waals surface area contributed by atoms with E-state index in [-0.39, 0.29) is 39.4 Å². The van der Waals surface area contributed by atoms with E-state index in [1.165, 1.54) is 0 Å². The van der Waals surface area contributed by atoms with Crippen LogP contribution in [0.5, 0.6) is 0 Å². The third-order valence-electron chi connectivity index (χ3n) is 0. The number of aliphatic carboxylic acids is 3. The van der Waals surface area contributed by atoms with Gasteiger partial charge in [0.2, 0.25) is 0 Å². The Hall–Kier alpha value is -0.525. The minimum atomic E-state index is -0.833. The molecule has 0 aliphatic rings. The Morgan fingerprint density at radius 1 is 0.786 bits per heavy atom. The van der Waals surface area contributed by atoms with E-state index in [2.05, 4.69) is 0 Å². The van der Waals surface area contributed by atoms with Gasteiger partial charge in [-0.25, -0.2) is 0 Å². The first-order valence-electron chi connectivity index (χ1n) is 2.78. The number of carboxylic acid groups (broad SMARTS) is 3. The van der Waals surface area contributed by atoms with E-state index < -0.39 is 17.9 Å². The maximum atomic E-state index is 9.00. The summed E-state index contributed by atoms with van der Waals surface area (Å²) in [6.07, 6.45) is 0. The molecule has 0 unspecified atom stereocenters. The third kappa shape index (κ3) is 4570. The molecule has 0 aromatic rings. The van der Waals surface area contributed by atoms with Crippen molar-refractivity contribution in [1.29, 1.82) is 0 Å². The van der Waals surface area contributed by atoms with E-state index in [0.29, 0.717) is 0 Å². The fraction of sp³-hybridized carbons (Fsp3) is 0.500. The molecule has 14 heavy (non-hydrogen) atoms. The van der Waals surface area contributed by atoms with Gasteiger partial charge >= 0.3 is 29.6 Å². The Kier molecular flexibility index (Phi) is 47.7. The molecule has 0 heterocycles. The van der Waals surface area contributed by atoms with Crippen LogP contribution in [-0.2, 0) is 14.4 Å². The van der Waals surface area contributed by atoms with Gasteiger partial charge in [0.1, 0.15) is 0 Å². The molecule has 0 aromatic carbocycles. The fourth-order valence-corrected chi connectivity index (χ4v) is 0. The smallest absolute Gasteiger partial charge is 1.00 e. The Bertz CT molecular complexity index is 125. The van der Waals surface area contributed by atoms with Crippen molar-refractivity contribution in [3.05, 3.63) is 0 Å². The van der Waals surface area contributed by atoms with E-state index in [4.69, 9.17) is 29.7 Å². The van der Waals surface area contributed by atoms with Crippen LogP contribution >= 0.6 is 0 Å². The molecule has 0 fully saturated rings. The molecule has 0 atom stereocenters. The van der Waals surface area contributed by atoms with Crippen molar-refractivity contribution in [3.8, 4) is 0 Å². The van der Waals surface area contributed by atoms with Crippen LogP contribution in [0.4, 0.5) is 0 Å². The van der Waals surface area contributed by atoms with Gasteiger partial charge in [-0.1, -0.05) is 0 Å². The van der Waals surface area contributed by atoms with Crippen LogP contribution in [0.1, 0.15) is 22.2 Å². The first-order chi connectivity index (χ1) is 5.20. The van der Waals surface area contributed by atoms with Gasteiger partial charge in [-0.15, -0.1) is 0 Å². The molecule has 0 aliphatic heterocycles. The number of rotatable bonds is 0. The van der Waals surface area contributed by atoms with Crippen molar-refractivity contribution < 1.29 is 60.7 Å². The minimum absolute atomic E-state index is 0. The second kappa shape index (κ2) is 22.9. The molecule has 0 saturated heterocycles. The predicted octanol–water partition coefficient (Wildman–Crippen LogP) is -2.99. The first kappa shape index (κ1) is 29.2. The second-order valence-electron chi connectivity index (χ2n) is 1.56. The van der Waals surface area contributed by atoms with Crippen molar-refractivity contribution in [2.45, 2.75) is 20.8 Å². The maximum Gasteiger partial charge on any atom is 1.00 e. The number of carbonyl (C=O) groups is 3. The van der Waals surface area contributed by atoms with Gasteiger partial charge in [0.05, 0.1) is 0 Å². The molecule has 0 spiro atoms. The predicted molar refractivity (Wildman–Crippen MR) is 46.8 cm³/mol. The Balaban J connectivity index is -0.0000000184. The fourth-order valence-electron chi connectivity index (χ4n) is 0. The molecule has 0 rings (SSSR count). The van der Waals surface area contributed by atoms with Gasteiger partial charge < -0.3 is 16.7 Å². The van der Waals surface area contributed by atoms with Crippen molar-refractivity contribution in [3.63, 3.8) is 0 Å². The van der Waals surface area contributed by atoms with Gasteiger partial charge in [0.25, 0.3) is 17.9 Å². The average molecular weight is 215 g/mol. The van der Waals surface area contributed by atoms with Gasteiger partial charge in [-0.2, -0.15) is 0 Å². The molecule has 0 saturated carbocycles. The molecule has 0 amide bonds. The molecule has 8 heteroatoms. The zero-order valence-corrected chi connectivity index (χ0v) is 10.6. The van der Waals surface area contributed by atoms with Crippen molar-refractivity contribution in [2.75, 3.05) is 0 Å². The summed E-state index contributed by atoms with van der Waals surface area (Å²) in [5.41, 5.74) is 0. The van der Waals surface area contributed by atoms with E-state index in [1.807, 2.05) is 0 Å². The van der Waals surface area contributed by atoms with E-state index in [9.17, 15) is 0 Å². The summed E-state index contributed by atoms with van der Waals surface area (Å²) in [4.78, 5) is 27.0. The summed E-state index contributed by atoms with van der Waals surface area (Å²) < 4.78 is 0. The van der Waals surface area contributed by atoms with Gasteiger partial charge in [0.15, 0.2) is 0 Å². The molecule has 77 valence electrons. The monoisotopic (exact) mass is 215 g/mol. The average Bonchev–Trinajstić information content (AvgIpc) is 1.54. The molecule has 6 nitrogen and oxygen atoms in total. The normalized spacial score (nSPS) is 5.36. The molecular formula is C6H13BNaO6. The van der Waals surface area contributed by atoms with E-state index in [1.54, 1.807) is 0 Å². The first-order valence-corrected chi connectivity index (χ1v) is 2.78. The summed E-state index contributed by atoms with van der Waals surface area (Å²) in [5.74, 6) is -2.50.